The number of carbonyl (C=O) groups is 1. The van der Waals surface area contributed by atoms with Gasteiger partial charge in [0.1, 0.15) is 0 Å². The molecule has 1 atom stereocenters. The fourth-order valence-corrected chi connectivity index (χ4v) is 3.65. The Morgan fingerprint density at radius 2 is 2.45 bits per heavy atom. The summed E-state index contributed by atoms with van der Waals surface area (Å²) in [5, 5.41) is 6.14. The molecule has 5 nitrogen and oxygen atoms in total. The Morgan fingerprint density at radius 3 is 3.10 bits per heavy atom. The molecule has 1 fully saturated rings. The van der Waals surface area contributed by atoms with Crippen molar-refractivity contribution in [2.24, 2.45) is 5.92 Å². The maximum atomic E-state index is 11.5. The molecule has 1 amide bonds. The monoisotopic (exact) mass is 296 g/mol. The van der Waals surface area contributed by atoms with E-state index in [-0.39, 0.29) is 5.91 Å². The van der Waals surface area contributed by atoms with Gasteiger partial charge >= 0.3 is 0 Å². The summed E-state index contributed by atoms with van der Waals surface area (Å²) >= 11 is 1.56. The Hall–Kier alpha value is -0.980. The second kappa shape index (κ2) is 7.15. The molecule has 1 aromatic heterocycles. The molecule has 0 aliphatic carbocycles. The Kier molecular flexibility index (Phi) is 5.51. The van der Waals surface area contributed by atoms with E-state index in [1.807, 2.05) is 14.0 Å². The molecule has 0 aromatic carbocycles. The van der Waals surface area contributed by atoms with Gasteiger partial charge in [0.2, 0.25) is 5.91 Å². The minimum atomic E-state index is 0.0589. The van der Waals surface area contributed by atoms with Crippen LogP contribution in [0.25, 0.3) is 0 Å². The van der Waals surface area contributed by atoms with E-state index >= 15 is 0 Å². The molecule has 1 N–H and O–H groups in total. The van der Waals surface area contributed by atoms with Crippen LogP contribution in [-0.4, -0.2) is 49.0 Å². The van der Waals surface area contributed by atoms with Crippen molar-refractivity contribution in [3.63, 3.8) is 0 Å². The molecule has 2 rings (SSSR count). The summed E-state index contributed by atoms with van der Waals surface area (Å²) in [5.74, 6) is 0.811. The van der Waals surface area contributed by atoms with Gasteiger partial charge in [0.25, 0.3) is 0 Å². The van der Waals surface area contributed by atoms with E-state index in [9.17, 15) is 4.79 Å². The fourth-order valence-electron chi connectivity index (χ4n) is 2.73. The molecule has 20 heavy (non-hydrogen) atoms. The molecule has 1 unspecified atom stereocenters. The first-order chi connectivity index (χ1) is 9.63. The van der Waals surface area contributed by atoms with Crippen molar-refractivity contribution in [3.05, 3.63) is 11.1 Å². The number of nitrogens with one attached hydrogen (secondary N) is 1. The summed E-state index contributed by atoms with van der Waals surface area (Å²) in [6, 6.07) is 0. The normalized spacial score (nSPS) is 19.4. The highest BCUT2D eigenvalue weighted by atomic mass is 32.1. The Balaban J connectivity index is 1.92. The number of anilines is 1. The summed E-state index contributed by atoms with van der Waals surface area (Å²) < 4.78 is 0. The summed E-state index contributed by atoms with van der Waals surface area (Å²) in [6.45, 7) is 8.51. The third-order valence-corrected chi connectivity index (χ3v) is 4.63. The zero-order valence-electron chi connectivity index (χ0n) is 12.6. The highest BCUT2D eigenvalue weighted by Gasteiger charge is 2.23. The van der Waals surface area contributed by atoms with E-state index in [0.29, 0.717) is 6.54 Å². The summed E-state index contributed by atoms with van der Waals surface area (Å²) in [5.41, 5.74) is 1.08. The van der Waals surface area contributed by atoms with Crippen LogP contribution < -0.4 is 10.2 Å². The lowest BCUT2D eigenvalue weighted by molar-refractivity contribution is -0.116. The lowest BCUT2D eigenvalue weighted by atomic mass is 10.1. The third-order valence-electron chi connectivity index (χ3n) is 3.72. The molecule has 0 radical (unpaired) electrons. The minimum absolute atomic E-state index is 0.0589. The lowest BCUT2D eigenvalue weighted by Crippen LogP contribution is -2.28. The second-order valence-electron chi connectivity index (χ2n) is 5.33. The van der Waals surface area contributed by atoms with Gasteiger partial charge < -0.3 is 5.32 Å². The Bertz CT molecular complexity index is 448. The smallest absolute Gasteiger partial charge is 0.225 e. The highest BCUT2D eigenvalue weighted by molar-refractivity contribution is 7.14. The van der Waals surface area contributed by atoms with Crippen molar-refractivity contribution in [2.75, 3.05) is 38.1 Å². The van der Waals surface area contributed by atoms with Gasteiger partial charge in [0.05, 0.1) is 5.69 Å². The first-order valence-electron chi connectivity index (χ1n) is 7.23. The molecule has 2 heterocycles. The number of hydrogen-bond donors (Lipinski definition) is 1. The zero-order valence-corrected chi connectivity index (χ0v) is 13.4. The van der Waals surface area contributed by atoms with Crippen LogP contribution in [0.15, 0.2) is 5.38 Å². The molecular weight excluding hydrogens is 272 g/mol. The molecule has 1 aliphatic rings. The van der Waals surface area contributed by atoms with E-state index in [1.54, 1.807) is 23.2 Å². The lowest BCUT2D eigenvalue weighted by Gasteiger charge is -2.16. The van der Waals surface area contributed by atoms with Crippen molar-refractivity contribution in [2.45, 2.75) is 26.8 Å². The van der Waals surface area contributed by atoms with Crippen LogP contribution in [0.4, 0.5) is 5.13 Å². The van der Waals surface area contributed by atoms with Gasteiger partial charge in [-0.3, -0.25) is 14.6 Å². The zero-order chi connectivity index (χ0) is 14.5. The van der Waals surface area contributed by atoms with Crippen molar-refractivity contribution in [3.8, 4) is 0 Å². The first kappa shape index (κ1) is 15.4. The molecule has 0 saturated carbocycles. The quantitative estimate of drug-likeness (QED) is 0.865. The van der Waals surface area contributed by atoms with Crippen LogP contribution in [0.1, 0.15) is 26.0 Å². The predicted octanol–water partition coefficient (Wildman–Crippen LogP) is 1.56. The van der Waals surface area contributed by atoms with E-state index in [0.717, 1.165) is 42.9 Å². The standard InChI is InChI=1S/C14H24N4OS/c1-4-18(11(2)19)14-16-13(10-20-14)9-17-6-5-12(8-17)7-15-3/h10,12,15H,4-9H2,1-3H3. The highest BCUT2D eigenvalue weighted by Crippen LogP contribution is 2.23. The number of aromatic nitrogens is 1. The van der Waals surface area contributed by atoms with Crippen LogP contribution >= 0.6 is 11.3 Å². The molecule has 1 aromatic rings. The van der Waals surface area contributed by atoms with Crippen LogP contribution in [0.2, 0.25) is 0 Å². The maximum Gasteiger partial charge on any atom is 0.225 e. The topological polar surface area (TPSA) is 48.5 Å². The molecule has 1 aliphatic heterocycles. The van der Waals surface area contributed by atoms with Crippen LogP contribution in [0, 0.1) is 5.92 Å². The van der Waals surface area contributed by atoms with Crippen LogP contribution in [-0.2, 0) is 11.3 Å². The van der Waals surface area contributed by atoms with Gasteiger partial charge in [-0.25, -0.2) is 4.98 Å². The van der Waals surface area contributed by atoms with Crippen molar-refractivity contribution in [1.82, 2.24) is 15.2 Å². The number of amides is 1. The fraction of sp³-hybridized carbons (Fsp3) is 0.714. The molecule has 0 bridgehead atoms. The number of rotatable bonds is 6. The molecule has 0 spiro atoms. The third kappa shape index (κ3) is 3.77. The van der Waals surface area contributed by atoms with E-state index in [4.69, 9.17) is 0 Å². The molecule has 112 valence electrons. The average Bonchev–Trinajstić information content (AvgIpc) is 3.01. The molecular formula is C14H24N4OS. The van der Waals surface area contributed by atoms with E-state index < -0.39 is 0 Å². The first-order valence-corrected chi connectivity index (χ1v) is 8.11. The van der Waals surface area contributed by atoms with Gasteiger partial charge in [-0.2, -0.15) is 0 Å². The van der Waals surface area contributed by atoms with Gasteiger partial charge in [-0.1, -0.05) is 0 Å². The van der Waals surface area contributed by atoms with Gasteiger partial charge in [-0.15, -0.1) is 11.3 Å². The number of hydrogen-bond acceptors (Lipinski definition) is 5. The largest absolute Gasteiger partial charge is 0.319 e. The van der Waals surface area contributed by atoms with Crippen molar-refractivity contribution < 1.29 is 4.79 Å². The average molecular weight is 296 g/mol. The van der Waals surface area contributed by atoms with E-state index in [2.05, 4.69) is 20.6 Å². The SMILES string of the molecule is CCN(C(C)=O)c1nc(CN2CCC(CNC)C2)cs1. The number of nitrogens with zero attached hydrogens (tertiary/aromatic N) is 3. The maximum absolute atomic E-state index is 11.5. The van der Waals surface area contributed by atoms with Crippen molar-refractivity contribution in [1.29, 1.82) is 0 Å². The number of carbonyl (C=O) groups excluding carboxylic acids is 1. The summed E-state index contributed by atoms with van der Waals surface area (Å²) in [7, 11) is 2.01. The van der Waals surface area contributed by atoms with Gasteiger partial charge in [0, 0.05) is 31.9 Å². The minimum Gasteiger partial charge on any atom is -0.319 e. The number of likely N-dealkylation sites (tertiary alicyclic amines) is 1. The Morgan fingerprint density at radius 1 is 1.65 bits per heavy atom. The predicted molar refractivity (Wildman–Crippen MR) is 83.1 cm³/mol. The van der Waals surface area contributed by atoms with E-state index in [1.165, 1.54) is 6.42 Å². The molecule has 6 heteroatoms. The Labute approximate surface area is 125 Å². The summed E-state index contributed by atoms with van der Waals surface area (Å²) in [4.78, 5) is 20.3. The summed E-state index contributed by atoms with van der Waals surface area (Å²) in [6.07, 6.45) is 1.26. The molecule has 1 saturated heterocycles. The van der Waals surface area contributed by atoms with Crippen LogP contribution in [0.3, 0.4) is 0 Å². The van der Waals surface area contributed by atoms with Crippen LogP contribution in [0.5, 0.6) is 0 Å². The number of thiazole rings is 1. The van der Waals surface area contributed by atoms with Gasteiger partial charge in [0.15, 0.2) is 5.13 Å². The van der Waals surface area contributed by atoms with Crippen molar-refractivity contribution >= 4 is 22.4 Å². The second-order valence-corrected chi connectivity index (χ2v) is 6.17. The van der Waals surface area contributed by atoms with Gasteiger partial charge in [-0.05, 0) is 39.4 Å².